The van der Waals surface area contributed by atoms with Crippen molar-refractivity contribution in [1.29, 1.82) is 0 Å². The topological polar surface area (TPSA) is 30.5 Å². The molecule has 130 valence electrons. The largest absolute Gasteiger partial charge is 0.490 e. The van der Waals surface area contributed by atoms with Gasteiger partial charge in [-0.05, 0) is 37.3 Å². The van der Waals surface area contributed by atoms with Gasteiger partial charge in [0.25, 0.3) is 0 Å². The van der Waals surface area contributed by atoms with Gasteiger partial charge in [-0.1, -0.05) is 46.0 Å². The van der Waals surface area contributed by atoms with E-state index in [1.165, 1.54) is 38.5 Å². The van der Waals surface area contributed by atoms with Crippen LogP contribution in [0.15, 0.2) is 18.2 Å². The average Bonchev–Trinajstić information content (AvgIpc) is 2.60. The van der Waals surface area contributed by atoms with E-state index in [1.54, 1.807) is 0 Å². The fourth-order valence-electron chi connectivity index (χ4n) is 3.17. The van der Waals surface area contributed by atoms with Crippen molar-refractivity contribution in [3.8, 4) is 11.5 Å². The molecule has 0 atom stereocenters. The van der Waals surface area contributed by atoms with Crippen LogP contribution in [0, 0.1) is 5.92 Å². The molecule has 0 aliphatic heterocycles. The summed E-state index contributed by atoms with van der Waals surface area (Å²) in [5, 5.41) is 3.56. The Hall–Kier alpha value is -1.38. The molecule has 0 amide bonds. The summed E-state index contributed by atoms with van der Waals surface area (Å²) in [7, 11) is 0. The van der Waals surface area contributed by atoms with E-state index < -0.39 is 0 Å². The Morgan fingerprint density at radius 2 is 1.65 bits per heavy atom. The van der Waals surface area contributed by atoms with Crippen LogP contribution in [0.1, 0.15) is 65.2 Å². The monoisotopic (exact) mass is 319 g/mol. The van der Waals surface area contributed by atoms with Crippen LogP contribution < -0.4 is 14.8 Å². The van der Waals surface area contributed by atoms with Gasteiger partial charge in [0.2, 0.25) is 0 Å². The summed E-state index contributed by atoms with van der Waals surface area (Å²) >= 11 is 0. The number of nitrogens with one attached hydrogen (secondary N) is 1. The Labute approximate surface area is 141 Å². The molecule has 0 aromatic heterocycles. The lowest BCUT2D eigenvalue weighted by molar-refractivity contribution is 0.268. The molecule has 23 heavy (non-hydrogen) atoms. The molecule has 1 fully saturated rings. The number of benzene rings is 1. The highest BCUT2D eigenvalue weighted by molar-refractivity contribution is 5.54. The minimum atomic E-state index is 0.730. The third-order valence-electron chi connectivity index (χ3n) is 4.47. The van der Waals surface area contributed by atoms with Crippen molar-refractivity contribution in [2.75, 3.05) is 25.1 Å². The molecule has 0 bridgehead atoms. The maximum atomic E-state index is 5.86. The summed E-state index contributed by atoms with van der Waals surface area (Å²) in [6.07, 6.45) is 10.4. The van der Waals surface area contributed by atoms with E-state index in [4.69, 9.17) is 9.47 Å². The number of anilines is 1. The standard InChI is InChI=1S/C20H33NO2/c1-3-14-22-19-11-10-18(16-20(19)23-15-4-2)21-13-12-17-8-6-5-7-9-17/h10-11,16-17,21H,3-9,12-15H2,1-2H3. The molecule has 0 spiro atoms. The fourth-order valence-corrected chi connectivity index (χ4v) is 3.17. The van der Waals surface area contributed by atoms with Gasteiger partial charge in [0.1, 0.15) is 0 Å². The van der Waals surface area contributed by atoms with Gasteiger partial charge >= 0.3 is 0 Å². The van der Waals surface area contributed by atoms with Gasteiger partial charge in [0, 0.05) is 18.3 Å². The lowest BCUT2D eigenvalue weighted by Crippen LogP contribution is -2.12. The maximum absolute atomic E-state index is 5.86. The van der Waals surface area contributed by atoms with Crippen molar-refractivity contribution in [3.63, 3.8) is 0 Å². The van der Waals surface area contributed by atoms with Crippen LogP contribution >= 0.6 is 0 Å². The second-order valence-electron chi connectivity index (χ2n) is 6.58. The first kappa shape index (κ1) is 18.0. The van der Waals surface area contributed by atoms with Gasteiger partial charge in [-0.2, -0.15) is 0 Å². The van der Waals surface area contributed by atoms with Gasteiger partial charge in [0.05, 0.1) is 13.2 Å². The summed E-state index contributed by atoms with van der Waals surface area (Å²) in [5.41, 5.74) is 1.13. The Morgan fingerprint density at radius 1 is 0.957 bits per heavy atom. The molecule has 0 radical (unpaired) electrons. The first-order valence-corrected chi connectivity index (χ1v) is 9.47. The predicted octanol–water partition coefficient (Wildman–Crippen LogP) is 5.65. The highest BCUT2D eigenvalue weighted by Gasteiger charge is 2.13. The molecule has 1 N–H and O–H groups in total. The van der Waals surface area contributed by atoms with E-state index in [1.807, 2.05) is 6.07 Å². The minimum absolute atomic E-state index is 0.730. The van der Waals surface area contributed by atoms with E-state index >= 15 is 0 Å². The summed E-state index contributed by atoms with van der Waals surface area (Å²) in [6, 6.07) is 6.22. The molecule has 3 heteroatoms. The molecular formula is C20H33NO2. The molecule has 1 aromatic carbocycles. The molecule has 1 aromatic rings. The molecule has 1 saturated carbocycles. The molecule has 0 saturated heterocycles. The highest BCUT2D eigenvalue weighted by atomic mass is 16.5. The Bertz CT molecular complexity index is 441. The van der Waals surface area contributed by atoms with E-state index in [2.05, 4.69) is 31.3 Å². The average molecular weight is 319 g/mol. The summed E-state index contributed by atoms with van der Waals surface area (Å²) in [6.45, 7) is 6.75. The highest BCUT2D eigenvalue weighted by Crippen LogP contribution is 2.31. The van der Waals surface area contributed by atoms with Crippen molar-refractivity contribution in [2.45, 2.75) is 65.2 Å². The Kier molecular flexibility index (Phi) is 8.13. The van der Waals surface area contributed by atoms with E-state index in [0.29, 0.717) is 0 Å². The Balaban J connectivity index is 1.87. The van der Waals surface area contributed by atoms with Gasteiger partial charge in [-0.15, -0.1) is 0 Å². The molecule has 3 nitrogen and oxygen atoms in total. The van der Waals surface area contributed by atoms with Crippen molar-refractivity contribution < 1.29 is 9.47 Å². The third-order valence-corrected chi connectivity index (χ3v) is 4.47. The summed E-state index contributed by atoms with van der Waals surface area (Å²) in [4.78, 5) is 0. The molecule has 1 aliphatic rings. The van der Waals surface area contributed by atoms with Gasteiger partial charge in [-0.3, -0.25) is 0 Å². The van der Waals surface area contributed by atoms with Crippen LogP contribution in [0.3, 0.4) is 0 Å². The van der Waals surface area contributed by atoms with Gasteiger partial charge in [-0.25, -0.2) is 0 Å². The number of rotatable bonds is 10. The SMILES string of the molecule is CCCOc1ccc(NCCC2CCCCC2)cc1OCCC. The zero-order valence-corrected chi connectivity index (χ0v) is 14.9. The molecular weight excluding hydrogens is 286 g/mol. The van der Waals surface area contributed by atoms with Crippen molar-refractivity contribution >= 4 is 5.69 Å². The van der Waals surface area contributed by atoms with Crippen LogP contribution in [0.5, 0.6) is 11.5 Å². The van der Waals surface area contributed by atoms with E-state index in [-0.39, 0.29) is 0 Å². The third kappa shape index (κ3) is 6.32. The van der Waals surface area contributed by atoms with Crippen LogP contribution in [-0.2, 0) is 0 Å². The zero-order valence-electron chi connectivity index (χ0n) is 14.9. The number of hydrogen-bond donors (Lipinski definition) is 1. The van der Waals surface area contributed by atoms with Crippen LogP contribution in [0.2, 0.25) is 0 Å². The zero-order chi connectivity index (χ0) is 16.3. The number of ether oxygens (including phenoxy) is 2. The van der Waals surface area contributed by atoms with Crippen molar-refractivity contribution in [1.82, 2.24) is 0 Å². The molecule has 2 rings (SSSR count). The van der Waals surface area contributed by atoms with Crippen LogP contribution in [0.4, 0.5) is 5.69 Å². The Morgan fingerprint density at radius 3 is 2.35 bits per heavy atom. The second kappa shape index (κ2) is 10.4. The minimum Gasteiger partial charge on any atom is -0.490 e. The summed E-state index contributed by atoms with van der Waals surface area (Å²) in [5.74, 6) is 2.64. The number of hydrogen-bond acceptors (Lipinski definition) is 3. The summed E-state index contributed by atoms with van der Waals surface area (Å²) < 4.78 is 11.6. The van der Waals surface area contributed by atoms with Crippen molar-refractivity contribution in [3.05, 3.63) is 18.2 Å². The van der Waals surface area contributed by atoms with Gasteiger partial charge in [0.15, 0.2) is 11.5 Å². The predicted molar refractivity (Wildman–Crippen MR) is 97.7 cm³/mol. The van der Waals surface area contributed by atoms with Crippen LogP contribution in [0.25, 0.3) is 0 Å². The first-order chi connectivity index (χ1) is 11.3. The van der Waals surface area contributed by atoms with Crippen LogP contribution in [-0.4, -0.2) is 19.8 Å². The molecule has 1 aliphatic carbocycles. The van der Waals surface area contributed by atoms with Gasteiger partial charge < -0.3 is 14.8 Å². The second-order valence-corrected chi connectivity index (χ2v) is 6.58. The molecule has 0 unspecified atom stereocenters. The lowest BCUT2D eigenvalue weighted by atomic mass is 9.87. The fraction of sp³-hybridized carbons (Fsp3) is 0.700. The normalized spacial score (nSPS) is 15.4. The first-order valence-electron chi connectivity index (χ1n) is 9.47. The molecule has 0 heterocycles. The van der Waals surface area contributed by atoms with E-state index in [9.17, 15) is 0 Å². The lowest BCUT2D eigenvalue weighted by Gasteiger charge is -2.22. The van der Waals surface area contributed by atoms with E-state index in [0.717, 1.165) is 55.7 Å². The smallest absolute Gasteiger partial charge is 0.163 e. The van der Waals surface area contributed by atoms with Crippen molar-refractivity contribution in [2.24, 2.45) is 5.92 Å². The quantitative estimate of drug-likeness (QED) is 0.605. The maximum Gasteiger partial charge on any atom is 0.163 e.